The molecule has 0 unspecified atom stereocenters. The summed E-state index contributed by atoms with van der Waals surface area (Å²) in [6, 6.07) is 5.07. The lowest BCUT2D eigenvalue weighted by Gasteiger charge is -2.09. The lowest BCUT2D eigenvalue weighted by Crippen LogP contribution is -2.09. The Morgan fingerprint density at radius 1 is 1.04 bits per heavy atom. The van der Waals surface area contributed by atoms with Crippen LogP contribution in [0.4, 0.5) is 23.4 Å². The maximum atomic E-state index is 13.3. The minimum Gasteiger partial charge on any atom is -0.367 e. The first-order valence-corrected chi connectivity index (χ1v) is 7.90. The molecule has 0 aliphatic heterocycles. The number of halogens is 4. The second-order valence-electron chi connectivity index (χ2n) is 6.38. The van der Waals surface area contributed by atoms with Crippen LogP contribution in [0, 0.1) is 11.6 Å². The molecule has 0 amide bonds. The third-order valence-corrected chi connectivity index (χ3v) is 4.42. The molecule has 7 heteroatoms. The Morgan fingerprint density at radius 3 is 2.50 bits per heavy atom. The van der Waals surface area contributed by atoms with Gasteiger partial charge in [0.15, 0.2) is 11.6 Å². The molecule has 24 heavy (non-hydrogen) atoms. The maximum Gasteiger partial charge on any atom is 0.280 e. The van der Waals surface area contributed by atoms with Gasteiger partial charge in [0.25, 0.3) is 6.43 Å². The molecular weight excluding hydrogens is 322 g/mol. The third kappa shape index (κ3) is 3.07. The molecule has 4 rings (SSSR count). The molecule has 2 aromatic rings. The van der Waals surface area contributed by atoms with Gasteiger partial charge in [0.1, 0.15) is 17.3 Å². The summed E-state index contributed by atoms with van der Waals surface area (Å²) in [6.07, 6.45) is -0.0787. The number of nitrogens with zero attached hydrogens (tertiary/aromatic N) is 2. The van der Waals surface area contributed by atoms with E-state index in [9.17, 15) is 17.6 Å². The molecule has 2 atom stereocenters. The fraction of sp³-hybridized carbons (Fsp3) is 0.412. The van der Waals surface area contributed by atoms with Crippen LogP contribution in [-0.2, 0) is 0 Å². The first-order chi connectivity index (χ1) is 11.5. The van der Waals surface area contributed by atoms with Crippen LogP contribution < -0.4 is 5.32 Å². The number of rotatable bonds is 5. The fourth-order valence-corrected chi connectivity index (χ4v) is 2.85. The molecule has 3 nitrogen and oxygen atoms in total. The molecule has 126 valence electrons. The van der Waals surface area contributed by atoms with Crippen molar-refractivity contribution >= 4 is 5.82 Å². The average Bonchev–Trinajstić information content (AvgIpc) is 3.43. The number of nitrogens with one attached hydrogen (secondary N) is 1. The van der Waals surface area contributed by atoms with Crippen molar-refractivity contribution in [1.82, 2.24) is 9.97 Å². The Morgan fingerprint density at radius 2 is 1.83 bits per heavy atom. The minimum absolute atomic E-state index is 0.0226. The highest BCUT2D eigenvalue weighted by Gasteiger charge is 2.39. The zero-order chi connectivity index (χ0) is 16.8. The molecule has 2 aliphatic carbocycles. The lowest BCUT2D eigenvalue weighted by atomic mass is 10.1. The van der Waals surface area contributed by atoms with Crippen molar-refractivity contribution < 1.29 is 17.6 Å². The average molecular weight is 337 g/mol. The quantitative estimate of drug-likeness (QED) is 0.814. The van der Waals surface area contributed by atoms with Gasteiger partial charge >= 0.3 is 0 Å². The largest absolute Gasteiger partial charge is 0.367 e. The lowest BCUT2D eigenvalue weighted by molar-refractivity contribution is 0.145. The Balaban J connectivity index is 1.50. The third-order valence-electron chi connectivity index (χ3n) is 4.42. The van der Waals surface area contributed by atoms with Crippen molar-refractivity contribution in [2.45, 2.75) is 43.6 Å². The molecule has 1 aromatic heterocycles. The first-order valence-electron chi connectivity index (χ1n) is 7.90. The van der Waals surface area contributed by atoms with Crippen LogP contribution in [0.3, 0.4) is 0 Å². The number of aromatic nitrogens is 2. The van der Waals surface area contributed by atoms with E-state index in [1.807, 2.05) is 0 Å². The van der Waals surface area contributed by atoms with E-state index in [1.165, 1.54) is 12.1 Å². The smallest absolute Gasteiger partial charge is 0.280 e. The normalized spacial score (nSPS) is 22.7. The minimum atomic E-state index is -2.65. The Hall–Kier alpha value is -2.18. The second kappa shape index (κ2) is 5.72. The van der Waals surface area contributed by atoms with Gasteiger partial charge in [-0.05, 0) is 37.0 Å². The van der Waals surface area contributed by atoms with Crippen LogP contribution in [0.5, 0.6) is 0 Å². The van der Waals surface area contributed by atoms with Gasteiger partial charge in [-0.3, -0.25) is 0 Å². The van der Waals surface area contributed by atoms with Gasteiger partial charge in [-0.2, -0.15) is 0 Å². The predicted molar refractivity (Wildman–Crippen MR) is 80.1 cm³/mol. The van der Waals surface area contributed by atoms with E-state index in [0.717, 1.165) is 25.3 Å². The van der Waals surface area contributed by atoms with E-state index in [1.54, 1.807) is 6.07 Å². The Kier molecular flexibility index (Phi) is 3.66. The summed E-state index contributed by atoms with van der Waals surface area (Å²) in [5.41, 5.74) is 0.413. The molecule has 0 radical (unpaired) electrons. The summed E-state index contributed by atoms with van der Waals surface area (Å²) in [6.45, 7) is 0. The van der Waals surface area contributed by atoms with E-state index >= 15 is 0 Å². The van der Waals surface area contributed by atoms with Gasteiger partial charge in [0, 0.05) is 23.9 Å². The van der Waals surface area contributed by atoms with Crippen molar-refractivity contribution in [3.05, 3.63) is 53.0 Å². The maximum absolute atomic E-state index is 13.3. The van der Waals surface area contributed by atoms with E-state index in [4.69, 9.17) is 0 Å². The Bertz CT molecular complexity index is 756. The van der Waals surface area contributed by atoms with Gasteiger partial charge in [-0.1, -0.05) is 6.07 Å². The second-order valence-corrected chi connectivity index (χ2v) is 6.38. The van der Waals surface area contributed by atoms with Gasteiger partial charge < -0.3 is 5.32 Å². The van der Waals surface area contributed by atoms with Gasteiger partial charge in [0.2, 0.25) is 0 Å². The van der Waals surface area contributed by atoms with E-state index in [-0.39, 0.29) is 23.6 Å². The highest BCUT2D eigenvalue weighted by molar-refractivity contribution is 5.43. The van der Waals surface area contributed by atoms with Gasteiger partial charge in [-0.15, -0.1) is 0 Å². The number of hydrogen-bond acceptors (Lipinski definition) is 3. The van der Waals surface area contributed by atoms with E-state index in [2.05, 4.69) is 15.3 Å². The zero-order valence-electron chi connectivity index (χ0n) is 12.6. The monoisotopic (exact) mass is 337 g/mol. The van der Waals surface area contributed by atoms with Crippen LogP contribution >= 0.6 is 0 Å². The van der Waals surface area contributed by atoms with Crippen molar-refractivity contribution in [2.75, 3.05) is 5.32 Å². The van der Waals surface area contributed by atoms with Crippen LogP contribution in [0.25, 0.3) is 0 Å². The van der Waals surface area contributed by atoms with Crippen LogP contribution in [-0.4, -0.2) is 16.0 Å². The molecule has 1 heterocycles. The van der Waals surface area contributed by atoms with Crippen LogP contribution in [0.1, 0.15) is 54.6 Å². The summed E-state index contributed by atoms with van der Waals surface area (Å²) in [4.78, 5) is 8.26. The number of anilines is 1. The standard InChI is InChI=1S/C17H15F4N3/c18-11-4-3-9(5-12(11)19)10-6-13(10)22-15-7-14(16(20)21)23-17(24-15)8-1-2-8/h3-5,7-8,10,13,16H,1-2,6H2,(H,22,23,24)/t10-,13+/m1/s1. The summed E-state index contributed by atoms with van der Waals surface area (Å²) in [5, 5.41) is 3.12. The topological polar surface area (TPSA) is 37.8 Å². The number of hydrogen-bond donors (Lipinski definition) is 1. The van der Waals surface area contributed by atoms with Crippen LogP contribution in [0.15, 0.2) is 24.3 Å². The zero-order valence-corrected chi connectivity index (χ0v) is 12.6. The molecule has 1 N–H and O–H groups in total. The SMILES string of the molecule is Fc1ccc([C@H]2C[C@@H]2Nc2cc(C(F)F)nc(C3CC3)n2)cc1F. The van der Waals surface area contributed by atoms with Crippen molar-refractivity contribution in [3.63, 3.8) is 0 Å². The van der Waals surface area contributed by atoms with Gasteiger partial charge in [-0.25, -0.2) is 27.5 Å². The van der Waals surface area contributed by atoms with Crippen LogP contribution in [0.2, 0.25) is 0 Å². The van der Waals surface area contributed by atoms with Crippen molar-refractivity contribution in [3.8, 4) is 0 Å². The summed E-state index contributed by atoms with van der Waals surface area (Å²) < 4.78 is 52.3. The highest BCUT2D eigenvalue weighted by atomic mass is 19.3. The predicted octanol–water partition coefficient (Wildman–Crippen LogP) is 4.54. The molecular formula is C17H15F4N3. The van der Waals surface area contributed by atoms with Crippen molar-refractivity contribution in [2.24, 2.45) is 0 Å². The number of benzene rings is 1. The molecule has 1 aromatic carbocycles. The summed E-state index contributed by atoms with van der Waals surface area (Å²) in [7, 11) is 0. The summed E-state index contributed by atoms with van der Waals surface area (Å²) in [5.74, 6) is -0.732. The first kappa shape index (κ1) is 15.4. The highest BCUT2D eigenvalue weighted by Crippen LogP contribution is 2.44. The van der Waals surface area contributed by atoms with Gasteiger partial charge in [0.05, 0.1) is 0 Å². The molecule has 0 spiro atoms. The molecule has 2 fully saturated rings. The molecule has 2 aliphatic rings. The summed E-state index contributed by atoms with van der Waals surface area (Å²) >= 11 is 0. The fourth-order valence-electron chi connectivity index (χ4n) is 2.85. The molecule has 2 saturated carbocycles. The number of alkyl halides is 2. The molecule has 0 saturated heterocycles. The van der Waals surface area contributed by atoms with E-state index in [0.29, 0.717) is 17.2 Å². The molecule has 0 bridgehead atoms. The van der Waals surface area contributed by atoms with Crippen molar-refractivity contribution in [1.29, 1.82) is 0 Å². The Labute approximate surface area is 136 Å². The van der Waals surface area contributed by atoms with E-state index < -0.39 is 18.1 Å².